The summed E-state index contributed by atoms with van der Waals surface area (Å²) in [6.07, 6.45) is 4.36. The first-order valence-corrected chi connectivity index (χ1v) is 11.9. The van der Waals surface area contributed by atoms with Crippen LogP contribution in [0.4, 0.5) is 0 Å². The van der Waals surface area contributed by atoms with Crippen LogP contribution < -0.4 is 14.2 Å². The smallest absolute Gasteiger partial charge is 0.273 e. The minimum Gasteiger partial charge on any atom is -0.497 e. The van der Waals surface area contributed by atoms with Crippen molar-refractivity contribution in [3.8, 4) is 28.5 Å². The van der Waals surface area contributed by atoms with Crippen molar-refractivity contribution in [2.24, 2.45) is 0 Å². The molecule has 8 heteroatoms. The summed E-state index contributed by atoms with van der Waals surface area (Å²) >= 11 is 0. The first kappa shape index (κ1) is 23.4. The van der Waals surface area contributed by atoms with E-state index >= 15 is 0 Å². The molecule has 8 nitrogen and oxygen atoms in total. The number of H-pyrrole nitrogens is 1. The molecule has 0 spiro atoms. The fraction of sp³-hybridized carbons (Fsp3) is 0.250. The van der Waals surface area contributed by atoms with Gasteiger partial charge in [-0.15, -0.1) is 0 Å². The molecule has 1 aliphatic rings. The number of carbonyl (C=O) groups is 1. The van der Waals surface area contributed by atoms with Gasteiger partial charge in [0.2, 0.25) is 0 Å². The van der Waals surface area contributed by atoms with Gasteiger partial charge in [-0.1, -0.05) is 13.0 Å². The third-order valence-electron chi connectivity index (χ3n) is 6.29. The minimum absolute atomic E-state index is 0.107. The zero-order valence-electron chi connectivity index (χ0n) is 20.5. The largest absolute Gasteiger partial charge is 0.497 e. The number of pyridine rings is 1. The van der Waals surface area contributed by atoms with E-state index in [1.54, 1.807) is 26.6 Å². The third kappa shape index (κ3) is 4.26. The molecular weight excluding hydrogens is 456 g/mol. The molecule has 1 atom stereocenters. The Labute approximate surface area is 209 Å². The van der Waals surface area contributed by atoms with Crippen LogP contribution in [0.15, 0.2) is 67.0 Å². The average Bonchev–Trinajstić information content (AvgIpc) is 3.47. The van der Waals surface area contributed by atoms with Gasteiger partial charge in [0.25, 0.3) is 5.91 Å². The van der Waals surface area contributed by atoms with Crippen molar-refractivity contribution in [2.75, 3.05) is 20.8 Å². The van der Waals surface area contributed by atoms with E-state index in [4.69, 9.17) is 14.2 Å². The van der Waals surface area contributed by atoms with Crippen LogP contribution in [0, 0.1) is 0 Å². The molecule has 4 aromatic rings. The monoisotopic (exact) mass is 484 g/mol. The Balaban J connectivity index is 1.62. The predicted octanol–water partition coefficient (Wildman–Crippen LogP) is 5.02. The van der Waals surface area contributed by atoms with Crippen molar-refractivity contribution in [1.29, 1.82) is 0 Å². The summed E-state index contributed by atoms with van der Waals surface area (Å²) in [6.45, 7) is 3.08. The van der Waals surface area contributed by atoms with Crippen LogP contribution in [0.3, 0.4) is 0 Å². The zero-order valence-corrected chi connectivity index (χ0v) is 20.5. The first-order valence-electron chi connectivity index (χ1n) is 11.9. The van der Waals surface area contributed by atoms with E-state index in [1.807, 2.05) is 59.5 Å². The average molecular weight is 485 g/mol. The summed E-state index contributed by atoms with van der Waals surface area (Å²) < 4.78 is 16.8. The van der Waals surface area contributed by atoms with Crippen molar-refractivity contribution in [3.05, 3.63) is 89.4 Å². The van der Waals surface area contributed by atoms with Gasteiger partial charge in [0.15, 0.2) is 11.5 Å². The topological polar surface area (TPSA) is 89.6 Å². The van der Waals surface area contributed by atoms with Gasteiger partial charge in [0.1, 0.15) is 11.4 Å². The number of hydrogen-bond acceptors (Lipinski definition) is 6. The van der Waals surface area contributed by atoms with Gasteiger partial charge in [-0.2, -0.15) is 5.10 Å². The van der Waals surface area contributed by atoms with Crippen molar-refractivity contribution in [3.63, 3.8) is 0 Å². The molecular formula is C28H28N4O4. The summed E-state index contributed by atoms with van der Waals surface area (Å²) in [7, 11) is 3.26. The number of methoxy groups -OCH3 is 2. The lowest BCUT2D eigenvalue weighted by atomic mass is 9.95. The van der Waals surface area contributed by atoms with E-state index in [0.29, 0.717) is 30.3 Å². The Bertz CT molecular complexity index is 1350. The summed E-state index contributed by atoms with van der Waals surface area (Å²) in [5, 5.41) is 7.56. The molecule has 2 aromatic carbocycles. The molecule has 1 N–H and O–H groups in total. The maximum Gasteiger partial charge on any atom is 0.273 e. The second kappa shape index (κ2) is 10.1. The van der Waals surface area contributed by atoms with Crippen molar-refractivity contribution >= 4 is 5.91 Å². The highest BCUT2D eigenvalue weighted by Gasteiger charge is 2.42. The number of amides is 1. The standard InChI is InChI=1S/C28H28N4O4/c1-4-15-36-22-10-7-20(16-23(22)35-3)27-24-25(19-5-8-21(34-2)9-6-19)30-31-26(24)28(33)32(27)17-18-11-13-29-14-12-18/h5-14,16,27H,4,15,17H2,1-3H3,(H,30,31). The van der Waals surface area contributed by atoms with Gasteiger partial charge >= 0.3 is 0 Å². The normalized spacial score (nSPS) is 14.6. The molecule has 0 radical (unpaired) electrons. The number of hydrogen-bond donors (Lipinski definition) is 1. The number of ether oxygens (including phenoxy) is 3. The SMILES string of the molecule is CCCOc1ccc(C2c3c(-c4ccc(OC)cc4)n[nH]c3C(=O)N2Cc2ccncc2)cc1OC. The quantitative estimate of drug-likeness (QED) is 0.359. The second-order valence-electron chi connectivity index (χ2n) is 8.54. The molecule has 0 aliphatic carbocycles. The van der Waals surface area contributed by atoms with E-state index in [9.17, 15) is 4.79 Å². The molecule has 1 amide bonds. The summed E-state index contributed by atoms with van der Waals surface area (Å²) in [5.41, 5.74) is 4.85. The Morgan fingerprint density at radius 3 is 2.44 bits per heavy atom. The maximum absolute atomic E-state index is 13.7. The Kier molecular flexibility index (Phi) is 6.58. The molecule has 1 aliphatic heterocycles. The Morgan fingerprint density at radius 2 is 1.75 bits per heavy atom. The number of carbonyl (C=O) groups excluding carboxylic acids is 1. The van der Waals surface area contributed by atoms with E-state index in [1.165, 1.54) is 0 Å². The van der Waals surface area contributed by atoms with E-state index in [-0.39, 0.29) is 11.9 Å². The summed E-state index contributed by atoms with van der Waals surface area (Å²) in [5.74, 6) is 1.95. The van der Waals surface area contributed by atoms with Gasteiger partial charge < -0.3 is 19.1 Å². The number of nitrogens with one attached hydrogen (secondary N) is 1. The van der Waals surface area contributed by atoms with Crippen molar-refractivity contribution in [2.45, 2.75) is 25.9 Å². The molecule has 184 valence electrons. The Hall–Kier alpha value is -4.33. The molecule has 0 saturated carbocycles. The van der Waals surface area contributed by atoms with Crippen LogP contribution in [-0.2, 0) is 6.54 Å². The summed E-state index contributed by atoms with van der Waals surface area (Å²) in [4.78, 5) is 19.6. The molecule has 0 bridgehead atoms. The fourth-order valence-electron chi connectivity index (χ4n) is 4.55. The van der Waals surface area contributed by atoms with Crippen LogP contribution in [-0.4, -0.2) is 46.8 Å². The van der Waals surface area contributed by atoms with Gasteiger partial charge in [0.05, 0.1) is 32.6 Å². The van der Waals surface area contributed by atoms with Crippen LogP contribution in [0.25, 0.3) is 11.3 Å². The number of rotatable bonds is 9. The fourth-order valence-corrected chi connectivity index (χ4v) is 4.55. The molecule has 3 heterocycles. The van der Waals surface area contributed by atoms with Crippen molar-refractivity contribution < 1.29 is 19.0 Å². The van der Waals surface area contributed by atoms with E-state index in [0.717, 1.165) is 40.1 Å². The molecule has 0 fully saturated rings. The van der Waals surface area contributed by atoms with Crippen LogP contribution in [0.5, 0.6) is 17.2 Å². The van der Waals surface area contributed by atoms with Crippen LogP contribution in [0.1, 0.15) is 46.6 Å². The molecule has 1 unspecified atom stereocenters. The molecule has 0 saturated heterocycles. The van der Waals surface area contributed by atoms with Crippen LogP contribution in [0.2, 0.25) is 0 Å². The molecule has 2 aromatic heterocycles. The number of aromatic amines is 1. The third-order valence-corrected chi connectivity index (χ3v) is 6.29. The highest BCUT2D eigenvalue weighted by Crippen LogP contribution is 2.45. The minimum atomic E-state index is -0.370. The van der Waals surface area contributed by atoms with E-state index < -0.39 is 0 Å². The van der Waals surface area contributed by atoms with E-state index in [2.05, 4.69) is 22.1 Å². The lowest BCUT2D eigenvalue weighted by molar-refractivity contribution is 0.0729. The first-order chi connectivity index (χ1) is 17.6. The summed E-state index contributed by atoms with van der Waals surface area (Å²) in [6, 6.07) is 17.0. The van der Waals surface area contributed by atoms with Gasteiger partial charge in [0, 0.05) is 30.1 Å². The number of nitrogens with zero attached hydrogens (tertiary/aromatic N) is 3. The molecule has 5 rings (SSSR count). The highest BCUT2D eigenvalue weighted by atomic mass is 16.5. The second-order valence-corrected chi connectivity index (χ2v) is 8.54. The lowest BCUT2D eigenvalue weighted by Gasteiger charge is -2.27. The number of aromatic nitrogens is 3. The highest BCUT2D eigenvalue weighted by molar-refractivity contribution is 6.00. The number of benzene rings is 2. The lowest BCUT2D eigenvalue weighted by Crippen LogP contribution is -2.29. The predicted molar refractivity (Wildman–Crippen MR) is 135 cm³/mol. The maximum atomic E-state index is 13.7. The molecule has 36 heavy (non-hydrogen) atoms. The Morgan fingerprint density at radius 1 is 0.972 bits per heavy atom. The van der Waals surface area contributed by atoms with Gasteiger partial charge in [-0.05, 0) is 66.1 Å². The zero-order chi connectivity index (χ0) is 25.1. The van der Waals surface area contributed by atoms with Gasteiger partial charge in [-0.25, -0.2) is 0 Å². The van der Waals surface area contributed by atoms with Crippen molar-refractivity contribution in [1.82, 2.24) is 20.1 Å². The number of fused-ring (bicyclic) bond motifs is 1. The van der Waals surface area contributed by atoms with Crippen LogP contribution >= 0.6 is 0 Å². The van der Waals surface area contributed by atoms with Gasteiger partial charge in [-0.3, -0.25) is 14.9 Å².